The Balaban J connectivity index is 2.31. The molecule has 0 aliphatic rings. The molecule has 2 heterocycles. The van der Waals surface area contributed by atoms with E-state index in [4.69, 9.17) is 17.3 Å². The van der Waals surface area contributed by atoms with Crippen LogP contribution in [0.2, 0.25) is 5.02 Å². The molecule has 3 rings (SSSR count). The lowest BCUT2D eigenvalue weighted by atomic mass is 10.1. The number of nitrogens with zero attached hydrogens (tertiary/aromatic N) is 2. The van der Waals surface area contributed by atoms with Gasteiger partial charge >= 0.3 is 0 Å². The molecular formula is C13H8BrClFN3. The summed E-state index contributed by atoms with van der Waals surface area (Å²) in [7, 11) is 0. The molecule has 3 aromatic rings. The number of hydrogen-bond donors (Lipinski definition) is 1. The van der Waals surface area contributed by atoms with Crippen molar-refractivity contribution >= 4 is 39.0 Å². The van der Waals surface area contributed by atoms with Crippen molar-refractivity contribution in [3.05, 3.63) is 51.8 Å². The standard InChI is InChI=1S/C13H8BrClFN3/c14-7-3-4-8(10(16)6-7)11-12(17)19-5-1-2-9(15)13(19)18-11/h1-6H,17H2. The first-order valence-corrected chi connectivity index (χ1v) is 6.62. The van der Waals surface area contributed by atoms with Crippen LogP contribution in [0.3, 0.4) is 0 Å². The third kappa shape index (κ3) is 1.99. The molecule has 96 valence electrons. The summed E-state index contributed by atoms with van der Waals surface area (Å²) in [5, 5.41) is 0.470. The van der Waals surface area contributed by atoms with Crippen LogP contribution in [-0.4, -0.2) is 9.38 Å². The summed E-state index contributed by atoms with van der Waals surface area (Å²) in [6, 6.07) is 8.22. The first-order valence-electron chi connectivity index (χ1n) is 5.45. The van der Waals surface area contributed by atoms with Crippen LogP contribution >= 0.6 is 27.5 Å². The van der Waals surface area contributed by atoms with Gasteiger partial charge < -0.3 is 5.73 Å². The van der Waals surface area contributed by atoms with E-state index >= 15 is 0 Å². The van der Waals surface area contributed by atoms with Crippen LogP contribution in [0.15, 0.2) is 41.0 Å². The lowest BCUT2D eigenvalue weighted by molar-refractivity contribution is 0.630. The van der Waals surface area contributed by atoms with Crippen LogP contribution in [0.1, 0.15) is 0 Å². The van der Waals surface area contributed by atoms with Gasteiger partial charge in [-0.25, -0.2) is 9.37 Å². The minimum atomic E-state index is -0.388. The van der Waals surface area contributed by atoms with Gasteiger partial charge in [-0.3, -0.25) is 4.40 Å². The maximum absolute atomic E-state index is 14.0. The summed E-state index contributed by atoms with van der Waals surface area (Å²) < 4.78 is 16.3. The van der Waals surface area contributed by atoms with Gasteiger partial charge in [-0.2, -0.15) is 0 Å². The Morgan fingerprint density at radius 2 is 2.11 bits per heavy atom. The minimum Gasteiger partial charge on any atom is -0.383 e. The molecule has 6 heteroatoms. The molecule has 0 amide bonds. The number of benzene rings is 1. The van der Waals surface area contributed by atoms with Crippen molar-refractivity contribution in [1.29, 1.82) is 0 Å². The molecule has 0 spiro atoms. The van der Waals surface area contributed by atoms with Gasteiger partial charge in [0.05, 0.1) is 5.02 Å². The van der Waals surface area contributed by atoms with E-state index in [2.05, 4.69) is 20.9 Å². The van der Waals surface area contributed by atoms with Gasteiger partial charge in [0.25, 0.3) is 0 Å². The molecule has 19 heavy (non-hydrogen) atoms. The molecule has 0 aliphatic carbocycles. The van der Waals surface area contributed by atoms with Crippen molar-refractivity contribution in [3.8, 4) is 11.3 Å². The van der Waals surface area contributed by atoms with E-state index in [1.807, 2.05) is 0 Å². The van der Waals surface area contributed by atoms with E-state index < -0.39 is 0 Å². The number of aromatic nitrogens is 2. The number of imidazole rings is 1. The minimum absolute atomic E-state index is 0.348. The Hall–Kier alpha value is -1.59. The second kappa shape index (κ2) is 4.51. The maximum Gasteiger partial charge on any atom is 0.157 e. The molecular weight excluding hydrogens is 333 g/mol. The molecule has 0 fully saturated rings. The highest BCUT2D eigenvalue weighted by molar-refractivity contribution is 9.10. The zero-order valence-electron chi connectivity index (χ0n) is 9.57. The SMILES string of the molecule is Nc1c(-c2ccc(Br)cc2F)nc2c(Cl)cccn12. The number of rotatable bonds is 1. The molecule has 0 aliphatic heterocycles. The van der Waals surface area contributed by atoms with Crippen molar-refractivity contribution in [2.24, 2.45) is 0 Å². The number of hydrogen-bond acceptors (Lipinski definition) is 2. The summed E-state index contributed by atoms with van der Waals surface area (Å²) in [6.45, 7) is 0. The van der Waals surface area contributed by atoms with Crippen LogP contribution in [0.5, 0.6) is 0 Å². The van der Waals surface area contributed by atoms with E-state index in [1.165, 1.54) is 6.07 Å². The van der Waals surface area contributed by atoms with Crippen LogP contribution in [0, 0.1) is 5.82 Å². The maximum atomic E-state index is 14.0. The molecule has 0 unspecified atom stereocenters. The van der Waals surface area contributed by atoms with Crippen molar-refractivity contribution in [2.45, 2.75) is 0 Å². The number of nitrogen functional groups attached to an aromatic ring is 1. The third-order valence-electron chi connectivity index (χ3n) is 2.83. The largest absolute Gasteiger partial charge is 0.383 e. The average molecular weight is 341 g/mol. The number of anilines is 1. The highest BCUT2D eigenvalue weighted by Crippen LogP contribution is 2.31. The van der Waals surface area contributed by atoms with Gasteiger partial charge in [0.2, 0.25) is 0 Å². The molecule has 0 bridgehead atoms. The predicted molar refractivity (Wildman–Crippen MR) is 77.7 cm³/mol. The molecule has 3 nitrogen and oxygen atoms in total. The van der Waals surface area contributed by atoms with Crippen LogP contribution in [-0.2, 0) is 0 Å². The average Bonchev–Trinajstić information content (AvgIpc) is 2.69. The van der Waals surface area contributed by atoms with E-state index in [0.717, 1.165) is 0 Å². The summed E-state index contributed by atoms with van der Waals surface area (Å²) in [6.07, 6.45) is 1.74. The highest BCUT2D eigenvalue weighted by Gasteiger charge is 2.16. The van der Waals surface area contributed by atoms with Gasteiger partial charge in [0, 0.05) is 16.2 Å². The molecule has 0 radical (unpaired) electrons. The van der Waals surface area contributed by atoms with Crippen molar-refractivity contribution in [1.82, 2.24) is 9.38 Å². The normalized spacial score (nSPS) is 11.1. The Labute approximate surface area is 122 Å². The molecule has 0 atom stereocenters. The zero-order valence-corrected chi connectivity index (χ0v) is 11.9. The van der Waals surface area contributed by atoms with Crippen LogP contribution < -0.4 is 5.73 Å². The highest BCUT2D eigenvalue weighted by atomic mass is 79.9. The topological polar surface area (TPSA) is 43.3 Å². The van der Waals surface area contributed by atoms with E-state index in [1.54, 1.807) is 34.9 Å². The zero-order chi connectivity index (χ0) is 13.6. The Morgan fingerprint density at radius 1 is 1.32 bits per heavy atom. The molecule has 0 saturated carbocycles. The van der Waals surface area contributed by atoms with Gasteiger partial charge in [-0.1, -0.05) is 27.5 Å². The van der Waals surface area contributed by atoms with Crippen LogP contribution in [0.4, 0.5) is 10.2 Å². The summed E-state index contributed by atoms with van der Waals surface area (Å²) >= 11 is 9.27. The van der Waals surface area contributed by atoms with Crippen LogP contribution in [0.25, 0.3) is 16.9 Å². The lowest BCUT2D eigenvalue weighted by Crippen LogP contribution is -1.94. The summed E-state index contributed by atoms with van der Waals surface area (Å²) in [4.78, 5) is 4.32. The monoisotopic (exact) mass is 339 g/mol. The van der Waals surface area contributed by atoms with Crippen molar-refractivity contribution in [3.63, 3.8) is 0 Å². The number of nitrogens with two attached hydrogens (primary N) is 1. The third-order valence-corrected chi connectivity index (χ3v) is 3.61. The smallest absolute Gasteiger partial charge is 0.157 e. The van der Waals surface area contributed by atoms with Crippen molar-refractivity contribution in [2.75, 3.05) is 5.73 Å². The van der Waals surface area contributed by atoms with E-state index in [-0.39, 0.29) is 5.82 Å². The van der Waals surface area contributed by atoms with E-state index in [9.17, 15) is 4.39 Å². The van der Waals surface area contributed by atoms with Gasteiger partial charge in [0.15, 0.2) is 5.65 Å². The second-order valence-electron chi connectivity index (χ2n) is 4.02. The fraction of sp³-hybridized carbons (Fsp3) is 0. The van der Waals surface area contributed by atoms with Gasteiger partial charge in [-0.15, -0.1) is 0 Å². The number of halogens is 3. The second-order valence-corrected chi connectivity index (χ2v) is 5.34. The Morgan fingerprint density at radius 3 is 2.79 bits per heavy atom. The predicted octanol–water partition coefficient (Wildman–Crippen LogP) is 4.14. The Bertz CT molecular complexity index is 785. The molecule has 2 aromatic heterocycles. The van der Waals surface area contributed by atoms with Gasteiger partial charge in [0.1, 0.15) is 17.3 Å². The van der Waals surface area contributed by atoms with Gasteiger partial charge in [-0.05, 0) is 30.3 Å². The fourth-order valence-electron chi connectivity index (χ4n) is 1.93. The molecule has 2 N–H and O–H groups in total. The summed E-state index contributed by atoms with van der Waals surface area (Å²) in [5.41, 5.74) is 7.26. The number of fused-ring (bicyclic) bond motifs is 1. The first-order chi connectivity index (χ1) is 9.08. The fourth-order valence-corrected chi connectivity index (χ4v) is 2.47. The Kier molecular flexibility index (Phi) is 2.95. The van der Waals surface area contributed by atoms with E-state index in [0.29, 0.717) is 32.2 Å². The quantitative estimate of drug-likeness (QED) is 0.723. The first kappa shape index (κ1) is 12.4. The van der Waals surface area contributed by atoms with Crippen molar-refractivity contribution < 1.29 is 4.39 Å². The lowest BCUT2D eigenvalue weighted by Gasteiger charge is -2.01. The molecule has 0 saturated heterocycles. The summed E-state index contributed by atoms with van der Waals surface area (Å²) in [5.74, 6) is -0.0284. The number of pyridine rings is 1. The molecule has 1 aromatic carbocycles.